The zero-order valence-corrected chi connectivity index (χ0v) is 34.8. The van der Waals surface area contributed by atoms with Crippen LogP contribution in [-0.2, 0) is 33.9 Å². The van der Waals surface area contributed by atoms with Gasteiger partial charge in [0.15, 0.2) is 0 Å². The molecule has 6 unspecified atom stereocenters. The maximum Gasteiger partial charge on any atom is 0.246 e. The topological polar surface area (TPSA) is 238 Å². The lowest BCUT2D eigenvalue weighted by atomic mass is 9.75. The lowest BCUT2D eigenvalue weighted by Crippen LogP contribution is -2.73. The molecule has 18 nitrogen and oxygen atoms in total. The number of hydrogen-bond acceptors (Lipinski definition) is 14. The van der Waals surface area contributed by atoms with Crippen LogP contribution in [0.1, 0.15) is 90.4 Å². The molecule has 5 aliphatic heterocycles. The maximum absolute atomic E-state index is 13.0. The minimum absolute atomic E-state index is 0.00379. The number of hydrazine groups is 1. The van der Waals surface area contributed by atoms with Gasteiger partial charge in [0.25, 0.3) is 0 Å². The molecule has 58 heavy (non-hydrogen) atoms. The van der Waals surface area contributed by atoms with Crippen molar-refractivity contribution < 1.29 is 32.3 Å². The number of carbonyl (C=O) groups excluding carboxylic acids is 4. The summed E-state index contributed by atoms with van der Waals surface area (Å²) in [5, 5.41) is 35.3. The zero-order chi connectivity index (χ0) is 40.9. The summed E-state index contributed by atoms with van der Waals surface area (Å²) < 4.78 is 32.3. The summed E-state index contributed by atoms with van der Waals surface area (Å²) >= 11 is 0. The first-order valence-corrected chi connectivity index (χ1v) is 23.4. The standard InChI is InChI=1S/C39H65N11O7S/c1-2-58(55,56)49-23-39(24-49,15-16-40)50-21-27(20-44-50)34-31-14-19-42-35(31)48-38(47-34)45-28-8-4-26(5-9-28)36(53)43-18-3-17-41-33(52)22-57-29-10-6-25(7-11-29)30-12-13-32(51)46-37(30)54/h25-31,34-35,38,42,44-45,47-48H,2-15,17-24H2,1H3,(H,41,52)(H,43,53)(H,46,51,54). The third-order valence-corrected chi connectivity index (χ3v) is 15.9. The average molecular weight is 832 g/mol. The van der Waals surface area contributed by atoms with E-state index in [1.54, 1.807) is 6.92 Å². The number of ether oxygens (including phenoxy) is 1. The highest BCUT2D eigenvalue weighted by Crippen LogP contribution is 2.38. The average Bonchev–Trinajstić information content (AvgIpc) is 3.89. The van der Waals surface area contributed by atoms with Gasteiger partial charge in [-0.25, -0.2) is 13.4 Å². The molecule has 7 aliphatic rings. The van der Waals surface area contributed by atoms with E-state index in [0.29, 0.717) is 51.4 Å². The lowest BCUT2D eigenvalue weighted by Gasteiger charge is -2.53. The summed E-state index contributed by atoms with van der Waals surface area (Å²) in [7, 11) is -3.29. The zero-order valence-electron chi connectivity index (χ0n) is 33.9. The maximum atomic E-state index is 13.0. The molecule has 0 bridgehead atoms. The Morgan fingerprint density at radius 1 is 0.966 bits per heavy atom. The summed E-state index contributed by atoms with van der Waals surface area (Å²) in [5.41, 5.74) is 3.04. The number of amides is 4. The van der Waals surface area contributed by atoms with Gasteiger partial charge in [-0.3, -0.25) is 45.9 Å². The van der Waals surface area contributed by atoms with Gasteiger partial charge in [-0.05, 0) is 90.0 Å². The number of carbonyl (C=O) groups is 4. The van der Waals surface area contributed by atoms with Crippen LogP contribution in [0.5, 0.6) is 0 Å². The monoisotopic (exact) mass is 831 g/mol. The number of piperidine rings is 1. The smallest absolute Gasteiger partial charge is 0.246 e. The molecule has 7 fully saturated rings. The van der Waals surface area contributed by atoms with Gasteiger partial charge in [-0.2, -0.15) is 9.57 Å². The van der Waals surface area contributed by atoms with Crippen LogP contribution in [0.2, 0.25) is 0 Å². The molecule has 324 valence electrons. The van der Waals surface area contributed by atoms with E-state index in [4.69, 9.17) is 4.74 Å². The first kappa shape index (κ1) is 43.3. The predicted octanol–water partition coefficient (Wildman–Crippen LogP) is -1.08. The minimum Gasteiger partial charge on any atom is -0.368 e. The van der Waals surface area contributed by atoms with Crippen molar-refractivity contribution >= 4 is 33.7 Å². The second-order valence-corrected chi connectivity index (χ2v) is 20.0. The molecule has 6 atom stereocenters. The highest BCUT2D eigenvalue weighted by atomic mass is 32.2. The van der Waals surface area contributed by atoms with Crippen LogP contribution in [-0.4, -0.2) is 136 Å². The number of sulfonamides is 1. The fourth-order valence-electron chi connectivity index (χ4n) is 10.6. The van der Waals surface area contributed by atoms with Crippen LogP contribution in [0.4, 0.5) is 0 Å². The highest BCUT2D eigenvalue weighted by molar-refractivity contribution is 7.89. The summed E-state index contributed by atoms with van der Waals surface area (Å²) in [6.45, 7) is 5.73. The molecule has 2 saturated carbocycles. The van der Waals surface area contributed by atoms with Gasteiger partial charge in [0.05, 0.1) is 36.1 Å². The summed E-state index contributed by atoms with van der Waals surface area (Å²) in [5.74, 6) is 0.442. The van der Waals surface area contributed by atoms with E-state index >= 15 is 0 Å². The quantitative estimate of drug-likeness (QED) is 0.0683. The molecule has 0 radical (unpaired) electrons. The van der Waals surface area contributed by atoms with E-state index < -0.39 is 15.6 Å². The highest BCUT2D eigenvalue weighted by Gasteiger charge is 2.55. The Morgan fingerprint density at radius 3 is 2.45 bits per heavy atom. The third-order valence-electron chi connectivity index (χ3n) is 14.1. The fraction of sp³-hybridized carbons (Fsp3) is 0.872. The molecule has 2 aliphatic carbocycles. The summed E-state index contributed by atoms with van der Waals surface area (Å²) in [4.78, 5) is 49.1. The molecule has 0 aromatic rings. The van der Waals surface area contributed by atoms with Crippen molar-refractivity contribution in [3.8, 4) is 6.07 Å². The molecule has 4 amide bonds. The second kappa shape index (κ2) is 19.3. The minimum atomic E-state index is -3.29. The Hall–Kier alpha value is -2.80. The van der Waals surface area contributed by atoms with E-state index in [1.165, 1.54) is 4.31 Å². The fourth-order valence-corrected chi connectivity index (χ4v) is 11.9. The van der Waals surface area contributed by atoms with Gasteiger partial charge in [0.2, 0.25) is 33.7 Å². The van der Waals surface area contributed by atoms with Crippen LogP contribution in [0.3, 0.4) is 0 Å². The molecular weight excluding hydrogens is 767 g/mol. The van der Waals surface area contributed by atoms with E-state index in [0.717, 1.165) is 77.4 Å². The molecule has 0 spiro atoms. The van der Waals surface area contributed by atoms with Crippen LogP contribution in [0, 0.1) is 40.9 Å². The first-order chi connectivity index (χ1) is 28.0. The Balaban J connectivity index is 0.764. The van der Waals surface area contributed by atoms with Gasteiger partial charge in [0.1, 0.15) is 12.9 Å². The predicted molar refractivity (Wildman–Crippen MR) is 213 cm³/mol. The van der Waals surface area contributed by atoms with Gasteiger partial charge in [0, 0.05) is 81.4 Å². The van der Waals surface area contributed by atoms with Gasteiger partial charge < -0.3 is 20.7 Å². The van der Waals surface area contributed by atoms with Gasteiger partial charge in [-0.15, -0.1) is 0 Å². The van der Waals surface area contributed by atoms with Crippen molar-refractivity contribution in [1.82, 2.24) is 52.0 Å². The number of nitrogens with zero attached hydrogens (tertiary/aromatic N) is 3. The largest absolute Gasteiger partial charge is 0.368 e. The van der Waals surface area contributed by atoms with Crippen molar-refractivity contribution in [2.45, 2.75) is 127 Å². The second-order valence-electron chi connectivity index (χ2n) is 17.8. The molecular formula is C39H65N11O7S. The van der Waals surface area contributed by atoms with Gasteiger partial charge in [-0.1, -0.05) is 0 Å². The summed E-state index contributed by atoms with van der Waals surface area (Å²) in [6, 6.07) is 2.80. The number of nitriles is 1. The Bertz CT molecular complexity index is 1620. The van der Waals surface area contributed by atoms with Crippen molar-refractivity contribution in [3.05, 3.63) is 0 Å². The molecule has 0 aromatic heterocycles. The third kappa shape index (κ3) is 10.2. The molecule has 7 rings (SSSR count). The normalized spacial score (nSPS) is 35.7. The lowest BCUT2D eigenvalue weighted by molar-refractivity contribution is -0.138. The molecule has 5 saturated heterocycles. The van der Waals surface area contributed by atoms with Crippen LogP contribution in [0.25, 0.3) is 0 Å². The van der Waals surface area contributed by atoms with E-state index in [9.17, 15) is 32.9 Å². The van der Waals surface area contributed by atoms with Crippen molar-refractivity contribution in [1.29, 1.82) is 5.26 Å². The van der Waals surface area contributed by atoms with E-state index in [-0.39, 0.29) is 96.7 Å². The number of hydrogen-bond donors (Lipinski definition) is 8. The van der Waals surface area contributed by atoms with Crippen molar-refractivity contribution in [3.63, 3.8) is 0 Å². The molecule has 0 aromatic carbocycles. The van der Waals surface area contributed by atoms with Crippen molar-refractivity contribution in [2.75, 3.05) is 58.2 Å². The van der Waals surface area contributed by atoms with Gasteiger partial charge >= 0.3 is 0 Å². The number of rotatable bonds is 16. The van der Waals surface area contributed by atoms with Crippen molar-refractivity contribution in [2.24, 2.45) is 29.6 Å². The SMILES string of the molecule is CCS(=O)(=O)N1CC(CC#N)(N2CC(C3NC(NC4CCC(C(=O)NCCCNC(=O)COC5CCC(C6CCC(=O)NC6=O)CC5)CC4)NC4NCCC43)CN2)C1. The van der Waals surface area contributed by atoms with Crippen LogP contribution >= 0.6 is 0 Å². The number of imide groups is 1. The first-order valence-electron chi connectivity index (χ1n) is 21.8. The Labute approximate surface area is 342 Å². The van der Waals surface area contributed by atoms with Crippen LogP contribution in [0.15, 0.2) is 0 Å². The molecule has 5 heterocycles. The number of nitrogens with one attached hydrogen (secondary N) is 8. The van der Waals surface area contributed by atoms with E-state index in [1.807, 2.05) is 0 Å². The van der Waals surface area contributed by atoms with E-state index in [2.05, 4.69) is 53.7 Å². The Morgan fingerprint density at radius 2 is 1.72 bits per heavy atom. The molecule has 8 N–H and O–H groups in total. The van der Waals surface area contributed by atoms with Crippen LogP contribution < -0.4 is 42.6 Å². The molecule has 19 heteroatoms. The Kier molecular flexibility index (Phi) is 14.4. The number of fused-ring (bicyclic) bond motifs is 1. The summed E-state index contributed by atoms with van der Waals surface area (Å²) in [6.07, 6.45) is 9.78.